The van der Waals surface area contributed by atoms with Gasteiger partial charge in [-0.3, -0.25) is 4.79 Å². The van der Waals surface area contributed by atoms with Gasteiger partial charge in [0.25, 0.3) is 5.91 Å². The van der Waals surface area contributed by atoms with Gasteiger partial charge in [-0.05, 0) is 38.4 Å². The van der Waals surface area contributed by atoms with Gasteiger partial charge in [0.2, 0.25) is 0 Å². The molecule has 4 heteroatoms. The summed E-state index contributed by atoms with van der Waals surface area (Å²) in [5.74, 6) is 0.809. The van der Waals surface area contributed by atoms with E-state index in [1.54, 1.807) is 0 Å². The smallest absolute Gasteiger partial charge is 0.257 e. The topological polar surface area (TPSA) is 41.6 Å². The summed E-state index contributed by atoms with van der Waals surface area (Å²) >= 11 is 0. The Morgan fingerprint density at radius 3 is 3.00 bits per heavy atom. The second kappa shape index (κ2) is 5.44. The number of nitrogens with zero attached hydrogens (tertiary/aromatic N) is 1. The molecule has 1 aromatic carbocycles. The van der Waals surface area contributed by atoms with Gasteiger partial charge in [0.1, 0.15) is 5.75 Å². The van der Waals surface area contributed by atoms with Crippen molar-refractivity contribution in [2.24, 2.45) is 5.41 Å². The van der Waals surface area contributed by atoms with Crippen molar-refractivity contribution in [2.45, 2.75) is 19.8 Å². The van der Waals surface area contributed by atoms with Crippen LogP contribution in [0.5, 0.6) is 5.75 Å². The van der Waals surface area contributed by atoms with Crippen LogP contribution in [0.2, 0.25) is 0 Å². The number of ether oxygens (including phenoxy) is 1. The van der Waals surface area contributed by atoms with Crippen molar-refractivity contribution in [3.05, 3.63) is 29.8 Å². The summed E-state index contributed by atoms with van der Waals surface area (Å²) in [7, 11) is 0. The van der Waals surface area contributed by atoms with E-state index in [-0.39, 0.29) is 5.91 Å². The molecule has 2 saturated heterocycles. The van der Waals surface area contributed by atoms with Gasteiger partial charge in [-0.1, -0.05) is 12.1 Å². The Morgan fingerprint density at radius 1 is 1.40 bits per heavy atom. The van der Waals surface area contributed by atoms with Crippen molar-refractivity contribution in [1.82, 2.24) is 10.2 Å². The molecule has 0 aliphatic carbocycles. The summed E-state index contributed by atoms with van der Waals surface area (Å²) in [4.78, 5) is 14.7. The van der Waals surface area contributed by atoms with E-state index in [0.29, 0.717) is 23.3 Å². The van der Waals surface area contributed by atoms with Crippen molar-refractivity contribution < 1.29 is 9.53 Å². The first-order chi connectivity index (χ1) is 9.74. The number of carbonyl (C=O) groups is 1. The Morgan fingerprint density at radius 2 is 2.25 bits per heavy atom. The van der Waals surface area contributed by atoms with E-state index in [9.17, 15) is 4.79 Å². The fraction of sp³-hybridized carbons (Fsp3) is 0.562. The third kappa shape index (κ3) is 2.40. The normalized spacial score (nSPS) is 25.4. The molecule has 0 radical (unpaired) electrons. The predicted molar refractivity (Wildman–Crippen MR) is 78.1 cm³/mol. The molecule has 2 aliphatic heterocycles. The summed E-state index contributed by atoms with van der Waals surface area (Å²) < 4.78 is 5.57. The third-order valence-electron chi connectivity index (χ3n) is 4.47. The first kappa shape index (κ1) is 13.4. The molecule has 2 aliphatic rings. The van der Waals surface area contributed by atoms with Crippen LogP contribution in [-0.2, 0) is 0 Å². The van der Waals surface area contributed by atoms with Crippen LogP contribution in [0.15, 0.2) is 24.3 Å². The molecule has 4 nitrogen and oxygen atoms in total. The van der Waals surface area contributed by atoms with Crippen molar-refractivity contribution >= 4 is 5.91 Å². The average molecular weight is 274 g/mol. The van der Waals surface area contributed by atoms with E-state index in [1.807, 2.05) is 36.1 Å². The van der Waals surface area contributed by atoms with E-state index in [0.717, 1.165) is 32.6 Å². The largest absolute Gasteiger partial charge is 0.493 e. The number of carbonyl (C=O) groups excluding carboxylic acids is 1. The second-order valence-electron chi connectivity index (χ2n) is 5.83. The van der Waals surface area contributed by atoms with Crippen molar-refractivity contribution in [3.63, 3.8) is 0 Å². The van der Waals surface area contributed by atoms with Crippen LogP contribution in [0.3, 0.4) is 0 Å². The van der Waals surface area contributed by atoms with Gasteiger partial charge in [-0.15, -0.1) is 0 Å². The fourth-order valence-corrected chi connectivity index (χ4v) is 3.35. The number of para-hydroxylation sites is 1. The van der Waals surface area contributed by atoms with Crippen LogP contribution in [0.4, 0.5) is 0 Å². The lowest BCUT2D eigenvalue weighted by molar-refractivity contribution is 0.0771. The monoisotopic (exact) mass is 274 g/mol. The van der Waals surface area contributed by atoms with Crippen LogP contribution in [0.25, 0.3) is 0 Å². The van der Waals surface area contributed by atoms with Crippen molar-refractivity contribution in [2.75, 3.05) is 32.8 Å². The first-order valence-electron chi connectivity index (χ1n) is 7.46. The lowest BCUT2D eigenvalue weighted by Crippen LogP contribution is -2.33. The van der Waals surface area contributed by atoms with Crippen LogP contribution in [0, 0.1) is 5.41 Å². The van der Waals surface area contributed by atoms with Gasteiger partial charge in [-0.2, -0.15) is 0 Å². The molecule has 20 heavy (non-hydrogen) atoms. The van der Waals surface area contributed by atoms with Crippen LogP contribution in [-0.4, -0.2) is 43.6 Å². The summed E-state index contributed by atoms with van der Waals surface area (Å²) in [6.07, 6.45) is 2.30. The molecular weight excluding hydrogens is 252 g/mol. The third-order valence-corrected chi connectivity index (χ3v) is 4.47. The molecule has 0 aromatic heterocycles. The highest BCUT2D eigenvalue weighted by atomic mass is 16.5. The van der Waals surface area contributed by atoms with Crippen LogP contribution < -0.4 is 10.1 Å². The number of hydrogen-bond acceptors (Lipinski definition) is 3. The number of nitrogens with one attached hydrogen (secondary N) is 1. The number of hydrogen-bond donors (Lipinski definition) is 1. The maximum absolute atomic E-state index is 12.7. The summed E-state index contributed by atoms with van der Waals surface area (Å²) in [5, 5.41) is 3.42. The Balaban J connectivity index is 1.76. The van der Waals surface area contributed by atoms with Crippen molar-refractivity contribution in [1.29, 1.82) is 0 Å². The van der Waals surface area contributed by atoms with E-state index < -0.39 is 0 Å². The highest BCUT2D eigenvalue weighted by Gasteiger charge is 2.42. The molecular formula is C16H22N2O2. The van der Waals surface area contributed by atoms with E-state index in [2.05, 4.69) is 5.32 Å². The quantitative estimate of drug-likeness (QED) is 0.915. The maximum atomic E-state index is 12.7. The molecule has 1 atom stereocenters. The number of benzene rings is 1. The molecule has 2 fully saturated rings. The Labute approximate surface area is 120 Å². The number of rotatable bonds is 3. The number of amides is 1. The van der Waals surface area contributed by atoms with Gasteiger partial charge in [0.15, 0.2) is 0 Å². The minimum atomic E-state index is 0.109. The minimum Gasteiger partial charge on any atom is -0.493 e. The molecule has 1 amide bonds. The van der Waals surface area contributed by atoms with E-state index >= 15 is 0 Å². The van der Waals surface area contributed by atoms with Crippen LogP contribution in [0.1, 0.15) is 30.1 Å². The molecule has 3 rings (SSSR count). The van der Waals surface area contributed by atoms with Crippen LogP contribution >= 0.6 is 0 Å². The SMILES string of the molecule is CCOc1ccccc1C(=O)N1CCC2(CCNC2)C1. The van der Waals surface area contributed by atoms with Gasteiger partial charge in [0, 0.05) is 25.0 Å². The Hall–Kier alpha value is -1.55. The standard InChI is InChI=1S/C16H22N2O2/c1-2-20-14-6-4-3-5-13(14)15(19)18-10-8-16(12-18)7-9-17-11-16/h3-6,17H,2,7-12H2,1H3. The molecule has 0 bridgehead atoms. The molecule has 108 valence electrons. The maximum Gasteiger partial charge on any atom is 0.257 e. The van der Waals surface area contributed by atoms with Gasteiger partial charge >= 0.3 is 0 Å². The minimum absolute atomic E-state index is 0.109. The Kier molecular flexibility index (Phi) is 3.66. The highest BCUT2D eigenvalue weighted by molar-refractivity contribution is 5.97. The van der Waals surface area contributed by atoms with Gasteiger partial charge in [-0.25, -0.2) is 0 Å². The highest BCUT2D eigenvalue weighted by Crippen LogP contribution is 2.37. The molecule has 1 N–H and O–H groups in total. The van der Waals surface area contributed by atoms with E-state index in [1.165, 1.54) is 6.42 Å². The fourth-order valence-electron chi connectivity index (χ4n) is 3.35. The molecule has 1 spiro atoms. The summed E-state index contributed by atoms with van der Waals surface area (Å²) in [5.41, 5.74) is 1.01. The zero-order valence-electron chi connectivity index (χ0n) is 12.0. The van der Waals surface area contributed by atoms with Gasteiger partial charge in [0.05, 0.1) is 12.2 Å². The second-order valence-corrected chi connectivity index (χ2v) is 5.83. The zero-order valence-corrected chi connectivity index (χ0v) is 12.0. The van der Waals surface area contributed by atoms with Crippen molar-refractivity contribution in [3.8, 4) is 5.75 Å². The number of likely N-dealkylation sites (tertiary alicyclic amines) is 1. The zero-order chi connectivity index (χ0) is 14.0. The van der Waals surface area contributed by atoms with Gasteiger partial charge < -0.3 is 15.0 Å². The average Bonchev–Trinajstić information content (AvgIpc) is 3.10. The molecule has 2 heterocycles. The Bertz CT molecular complexity index is 495. The molecule has 1 aromatic rings. The molecule has 1 unspecified atom stereocenters. The summed E-state index contributed by atoms with van der Waals surface area (Å²) in [6, 6.07) is 7.55. The van der Waals surface area contributed by atoms with E-state index in [4.69, 9.17) is 4.74 Å². The lowest BCUT2D eigenvalue weighted by atomic mass is 9.86. The first-order valence-corrected chi connectivity index (χ1v) is 7.46. The molecule has 0 saturated carbocycles. The predicted octanol–water partition coefficient (Wildman–Crippen LogP) is 1.91. The lowest BCUT2D eigenvalue weighted by Gasteiger charge is -2.23. The summed E-state index contributed by atoms with van der Waals surface area (Å²) in [6.45, 7) is 6.39.